The molecule has 0 amide bonds. The minimum atomic E-state index is -1.76. The van der Waals surface area contributed by atoms with Crippen LogP contribution >= 0.6 is 8.24 Å². The molecule has 4 nitrogen and oxygen atoms in total. The van der Waals surface area contributed by atoms with Crippen molar-refractivity contribution in [2.45, 2.75) is 52.4 Å². The Kier molecular flexibility index (Phi) is 5.00. The molecule has 37 heavy (non-hydrogen) atoms. The fourth-order valence-electron chi connectivity index (χ4n) is 6.65. The Hall–Kier alpha value is -3.62. The Balaban J connectivity index is 1.46. The van der Waals surface area contributed by atoms with Crippen molar-refractivity contribution in [1.29, 1.82) is 0 Å². The van der Waals surface area contributed by atoms with Crippen LogP contribution in [0, 0.1) is 27.7 Å². The van der Waals surface area contributed by atoms with Gasteiger partial charge in [-0.2, -0.15) is 0 Å². The summed E-state index contributed by atoms with van der Waals surface area (Å²) < 4.78 is 19.8. The van der Waals surface area contributed by atoms with Gasteiger partial charge in [0.1, 0.15) is 22.7 Å². The number of benzene rings is 4. The van der Waals surface area contributed by atoms with E-state index in [0.29, 0.717) is 5.75 Å². The lowest BCUT2D eigenvalue weighted by Gasteiger charge is -2.41. The lowest BCUT2D eigenvalue weighted by Crippen LogP contribution is -2.25. The Morgan fingerprint density at radius 1 is 0.730 bits per heavy atom. The molecular formula is C32H29O4P. The summed E-state index contributed by atoms with van der Waals surface area (Å²) in [5, 5.41) is 12.9. The molecule has 5 aromatic rings. The molecule has 2 unspecified atom stereocenters. The molecule has 0 radical (unpaired) electrons. The summed E-state index contributed by atoms with van der Waals surface area (Å²) in [6.07, 6.45) is 2.07. The average Bonchev–Trinajstić information content (AvgIpc) is 3.02. The van der Waals surface area contributed by atoms with Crippen molar-refractivity contribution in [2.75, 3.05) is 0 Å². The van der Waals surface area contributed by atoms with E-state index in [-0.39, 0.29) is 11.8 Å². The highest BCUT2D eigenvalue weighted by molar-refractivity contribution is 7.32. The predicted molar refractivity (Wildman–Crippen MR) is 149 cm³/mol. The van der Waals surface area contributed by atoms with E-state index in [1.165, 1.54) is 22.3 Å². The highest BCUT2D eigenvalue weighted by atomic mass is 31.1. The third-order valence-electron chi connectivity index (χ3n) is 8.04. The van der Waals surface area contributed by atoms with E-state index in [9.17, 15) is 5.11 Å². The summed E-state index contributed by atoms with van der Waals surface area (Å²) in [6, 6.07) is 20.8. The summed E-state index contributed by atoms with van der Waals surface area (Å²) in [7, 11) is -1.76. The average molecular weight is 509 g/mol. The summed E-state index contributed by atoms with van der Waals surface area (Å²) in [4.78, 5) is 0. The van der Waals surface area contributed by atoms with Gasteiger partial charge < -0.3 is 18.0 Å². The van der Waals surface area contributed by atoms with E-state index >= 15 is 0 Å². The second-order valence-corrected chi connectivity index (χ2v) is 11.6. The van der Waals surface area contributed by atoms with Gasteiger partial charge in [-0.05, 0) is 98.2 Å². The van der Waals surface area contributed by atoms with Crippen molar-refractivity contribution in [2.24, 2.45) is 0 Å². The molecule has 4 aromatic carbocycles. The van der Waals surface area contributed by atoms with E-state index in [1.807, 2.05) is 12.1 Å². The first-order valence-electron chi connectivity index (χ1n) is 12.9. The molecule has 1 N–H and O–H groups in total. The van der Waals surface area contributed by atoms with E-state index in [4.69, 9.17) is 12.9 Å². The number of rotatable bonds is 2. The van der Waals surface area contributed by atoms with Crippen molar-refractivity contribution in [1.82, 2.24) is 0 Å². The molecule has 0 fully saturated rings. The summed E-state index contributed by atoms with van der Waals surface area (Å²) in [5.74, 6) is 1.53. The predicted octanol–water partition coefficient (Wildman–Crippen LogP) is 9.44. The fraction of sp³-hybridized carbons (Fsp3) is 0.250. The van der Waals surface area contributed by atoms with Gasteiger partial charge in [-0.3, -0.25) is 0 Å². The van der Waals surface area contributed by atoms with Crippen molar-refractivity contribution in [3.05, 3.63) is 105 Å². The van der Waals surface area contributed by atoms with Gasteiger partial charge in [0.15, 0.2) is 0 Å². The van der Waals surface area contributed by atoms with Crippen LogP contribution in [-0.4, -0.2) is 5.11 Å². The van der Waals surface area contributed by atoms with Crippen LogP contribution in [0.3, 0.4) is 0 Å². The second kappa shape index (κ2) is 8.19. The molecule has 5 heteroatoms. The number of hydrogen-bond donors (Lipinski definition) is 1. The first-order valence-corrected chi connectivity index (χ1v) is 14.0. The fourth-order valence-corrected chi connectivity index (χ4v) is 7.87. The van der Waals surface area contributed by atoms with E-state index in [0.717, 1.165) is 62.8 Å². The molecule has 0 saturated carbocycles. The van der Waals surface area contributed by atoms with E-state index in [1.54, 1.807) is 6.07 Å². The van der Waals surface area contributed by atoms with Crippen LogP contribution in [0.25, 0.3) is 21.9 Å². The summed E-state index contributed by atoms with van der Waals surface area (Å²) in [5.41, 5.74) is 10.9. The molecule has 2 bridgehead atoms. The van der Waals surface area contributed by atoms with Crippen molar-refractivity contribution < 1.29 is 18.0 Å². The zero-order valence-electron chi connectivity index (χ0n) is 21.5. The van der Waals surface area contributed by atoms with Gasteiger partial charge in [-0.15, -0.1) is 0 Å². The highest BCUT2D eigenvalue weighted by Crippen LogP contribution is 2.58. The van der Waals surface area contributed by atoms with Gasteiger partial charge in [-0.25, -0.2) is 0 Å². The lowest BCUT2D eigenvalue weighted by molar-refractivity contribution is 0.432. The Labute approximate surface area is 217 Å². The van der Waals surface area contributed by atoms with Crippen molar-refractivity contribution >= 4 is 30.2 Å². The molecular weight excluding hydrogens is 479 g/mol. The highest BCUT2D eigenvalue weighted by Gasteiger charge is 2.41. The molecule has 2 atom stereocenters. The number of fused-ring (bicyclic) bond motifs is 4. The van der Waals surface area contributed by atoms with Crippen LogP contribution in [0.2, 0.25) is 0 Å². The standard InChI is InChI=1S/C32H29O4P/c1-17-13-19(3)31-25(15-17)26-16-18(2)14-20(4)32(26)36-37(35-31)34-28-10-6-8-23-21-11-12-24(30(23)28)29-22(21)7-5-9-27(29)33/h5-10,13-16,21,24,33H,11-12H2,1-4H3. The smallest absolute Gasteiger partial charge is 0.453 e. The molecule has 0 saturated heterocycles. The molecule has 1 aromatic heterocycles. The Bertz CT molecular complexity index is 1710. The number of aryl methyl sites for hydroxylation is 4. The summed E-state index contributed by atoms with van der Waals surface area (Å²) >= 11 is 0. The number of hydrogen-bond acceptors (Lipinski definition) is 4. The molecule has 0 aliphatic heterocycles. The zero-order valence-corrected chi connectivity index (χ0v) is 22.4. The maximum atomic E-state index is 10.8. The van der Waals surface area contributed by atoms with E-state index < -0.39 is 8.24 Å². The maximum absolute atomic E-state index is 10.8. The Morgan fingerprint density at radius 3 is 1.95 bits per heavy atom. The number of phenols is 1. The molecule has 8 rings (SSSR count). The van der Waals surface area contributed by atoms with Gasteiger partial charge >= 0.3 is 8.24 Å². The third kappa shape index (κ3) is 3.43. The zero-order chi connectivity index (χ0) is 25.4. The van der Waals surface area contributed by atoms with E-state index in [2.05, 4.69) is 70.2 Å². The van der Waals surface area contributed by atoms with Gasteiger partial charge in [0.2, 0.25) is 0 Å². The largest absolute Gasteiger partial charge is 0.508 e. The number of phenolic OH excluding ortho intramolecular Hbond substituents is 1. The quantitative estimate of drug-likeness (QED) is 0.258. The van der Waals surface area contributed by atoms with Crippen LogP contribution in [0.5, 0.6) is 11.5 Å². The molecule has 0 spiro atoms. The van der Waals surface area contributed by atoms with Crippen LogP contribution in [0.4, 0.5) is 0 Å². The van der Waals surface area contributed by atoms with Gasteiger partial charge in [0.05, 0.1) is 0 Å². The normalized spacial score (nSPS) is 17.6. The van der Waals surface area contributed by atoms with Gasteiger partial charge in [-0.1, -0.05) is 36.4 Å². The van der Waals surface area contributed by atoms with Crippen molar-refractivity contribution in [3.63, 3.8) is 0 Å². The van der Waals surface area contributed by atoms with Crippen molar-refractivity contribution in [3.8, 4) is 11.5 Å². The van der Waals surface area contributed by atoms with Gasteiger partial charge in [0.25, 0.3) is 0 Å². The van der Waals surface area contributed by atoms with Gasteiger partial charge in [0, 0.05) is 33.7 Å². The summed E-state index contributed by atoms with van der Waals surface area (Å²) in [6.45, 7) is 8.38. The second-order valence-electron chi connectivity index (χ2n) is 10.6. The first kappa shape index (κ1) is 22.6. The first-order chi connectivity index (χ1) is 17.9. The minimum Gasteiger partial charge on any atom is -0.508 e. The van der Waals surface area contributed by atoms with Crippen LogP contribution < -0.4 is 4.52 Å². The molecule has 3 aliphatic rings. The van der Waals surface area contributed by atoms with Crippen LogP contribution in [0.15, 0.2) is 69.1 Å². The number of aromatic hydroxyl groups is 1. The molecule has 3 aliphatic carbocycles. The third-order valence-corrected chi connectivity index (χ3v) is 9.05. The minimum absolute atomic E-state index is 0.0997. The Morgan fingerprint density at radius 2 is 1.30 bits per heavy atom. The monoisotopic (exact) mass is 508 g/mol. The van der Waals surface area contributed by atoms with Crippen LogP contribution in [-0.2, 0) is 0 Å². The lowest BCUT2D eigenvalue weighted by atomic mass is 9.63. The molecule has 1 heterocycles. The SMILES string of the molecule is Cc1cc(C)c2op(Oc3cccc4c3C3CCC4c4cccc(O)c43)oc3c(C)cc(C)cc3c2c1. The maximum Gasteiger partial charge on any atom is 0.453 e. The molecule has 186 valence electrons. The topological polar surface area (TPSA) is 55.7 Å². The van der Waals surface area contributed by atoms with Crippen LogP contribution in [0.1, 0.15) is 69.2 Å².